The van der Waals surface area contributed by atoms with Crippen LogP contribution < -0.4 is 15.2 Å². The summed E-state index contributed by atoms with van der Waals surface area (Å²) in [5.41, 5.74) is 7.58. The fourth-order valence-electron chi connectivity index (χ4n) is 2.50. The topological polar surface area (TPSA) is 114 Å². The Labute approximate surface area is 197 Å². The van der Waals surface area contributed by atoms with E-state index in [1.54, 1.807) is 11.7 Å². The van der Waals surface area contributed by atoms with E-state index in [9.17, 15) is 0 Å². The molecule has 0 unspecified atom stereocenters. The zero-order chi connectivity index (χ0) is 25.2. The molecule has 3 rings (SSSR count). The van der Waals surface area contributed by atoms with E-state index in [0.29, 0.717) is 36.2 Å². The minimum Gasteiger partial charge on any atom is -0.490 e. The Morgan fingerprint density at radius 2 is 1.61 bits per heavy atom. The van der Waals surface area contributed by atoms with E-state index >= 15 is 0 Å². The first kappa shape index (κ1) is 29.5. The van der Waals surface area contributed by atoms with E-state index in [2.05, 4.69) is 25.5 Å². The minimum absolute atomic E-state index is 0.542. The van der Waals surface area contributed by atoms with Gasteiger partial charge >= 0.3 is 0 Å². The van der Waals surface area contributed by atoms with Crippen LogP contribution in [-0.2, 0) is 7.05 Å². The highest BCUT2D eigenvalue weighted by Gasteiger charge is 2.16. The van der Waals surface area contributed by atoms with E-state index in [-0.39, 0.29) is 0 Å². The maximum atomic E-state index is 5.66. The molecule has 0 saturated heterocycles. The van der Waals surface area contributed by atoms with Crippen molar-refractivity contribution >= 4 is 10.9 Å². The Morgan fingerprint density at radius 1 is 1.00 bits per heavy atom. The molecule has 2 aromatic heterocycles. The summed E-state index contributed by atoms with van der Waals surface area (Å²) in [6, 6.07) is 3.71. The summed E-state index contributed by atoms with van der Waals surface area (Å²) in [7, 11) is 1.77. The molecule has 3 aromatic rings. The number of benzene rings is 1. The van der Waals surface area contributed by atoms with Gasteiger partial charge in [-0.25, -0.2) is 14.6 Å². The lowest BCUT2D eigenvalue weighted by Crippen LogP contribution is -2.01. The number of rotatable bonds is 6. The molecular weight excluding hydrogens is 418 g/mol. The van der Waals surface area contributed by atoms with E-state index < -0.39 is 0 Å². The highest BCUT2D eigenvalue weighted by molar-refractivity contribution is 5.92. The molecule has 182 valence electrons. The van der Waals surface area contributed by atoms with Crippen molar-refractivity contribution in [1.29, 1.82) is 0 Å². The monoisotopic (exact) mass is 457 g/mol. The van der Waals surface area contributed by atoms with Gasteiger partial charge in [-0.15, -0.1) is 5.10 Å². The van der Waals surface area contributed by atoms with Crippen LogP contribution in [0.25, 0.3) is 22.4 Å². The van der Waals surface area contributed by atoms with Crippen LogP contribution >= 0.6 is 0 Å². The van der Waals surface area contributed by atoms with Crippen LogP contribution in [0.3, 0.4) is 0 Å². The molecule has 0 fully saturated rings. The summed E-state index contributed by atoms with van der Waals surface area (Å²) in [5, 5.41) is 12.3. The summed E-state index contributed by atoms with van der Waals surface area (Å²) in [4.78, 5) is 8.62. The van der Waals surface area contributed by atoms with Crippen LogP contribution in [0.15, 0.2) is 42.4 Å². The van der Waals surface area contributed by atoms with Crippen molar-refractivity contribution < 1.29 is 9.47 Å². The van der Waals surface area contributed by atoms with Gasteiger partial charge in [0.15, 0.2) is 11.5 Å². The zero-order valence-electron chi connectivity index (χ0n) is 21.5. The van der Waals surface area contributed by atoms with E-state index in [1.807, 2.05) is 85.8 Å². The van der Waals surface area contributed by atoms with E-state index in [1.165, 1.54) is 6.33 Å². The van der Waals surface area contributed by atoms with E-state index in [0.717, 1.165) is 16.6 Å². The van der Waals surface area contributed by atoms with Gasteiger partial charge in [0.25, 0.3) is 0 Å². The maximum absolute atomic E-state index is 5.66. The van der Waals surface area contributed by atoms with Gasteiger partial charge in [0.2, 0.25) is 5.82 Å². The standard InChI is InChI=1S/C14H16N6O2.C6H11N.2C2H6/c1-4-21-11-6-9-10(7-12(11)22-5-2)15-8-16-13(9)14-17-18-19-20(14)3;1-3-5-6(7)4-2;2*1-2/h6-8H,4-5H2,1-3H3;3-5H,7H2,1-2H3;2*1-2H3/b;5-3-,6-4+;;. The number of nitrogens with two attached hydrogens (primary N) is 1. The van der Waals surface area contributed by atoms with Crippen molar-refractivity contribution in [2.24, 2.45) is 12.8 Å². The lowest BCUT2D eigenvalue weighted by molar-refractivity contribution is 0.288. The van der Waals surface area contributed by atoms with Crippen molar-refractivity contribution in [3.8, 4) is 23.0 Å². The summed E-state index contributed by atoms with van der Waals surface area (Å²) in [5.74, 6) is 1.89. The number of ether oxygens (including phenoxy) is 2. The first-order valence-corrected chi connectivity index (χ1v) is 11.4. The number of hydrogen-bond donors (Lipinski definition) is 1. The summed E-state index contributed by atoms with van der Waals surface area (Å²) in [6.07, 6.45) is 7.12. The second kappa shape index (κ2) is 17.1. The van der Waals surface area contributed by atoms with Crippen LogP contribution in [0.5, 0.6) is 11.5 Å². The SMILES string of the molecule is C/C=C\C(N)=C/C.CC.CC.CCOc1cc2ncnc(-c3nnnn3C)c2cc1OCC. The first-order chi connectivity index (χ1) is 16.0. The Kier molecular flexibility index (Phi) is 15.3. The Hall–Kier alpha value is -3.49. The van der Waals surface area contributed by atoms with Gasteiger partial charge in [0.05, 0.1) is 18.7 Å². The van der Waals surface area contributed by atoms with Crippen LogP contribution in [0, 0.1) is 0 Å². The maximum Gasteiger partial charge on any atom is 0.201 e. The normalized spacial score (nSPS) is 10.4. The van der Waals surface area contributed by atoms with Gasteiger partial charge in [0.1, 0.15) is 12.0 Å². The molecule has 1 aromatic carbocycles. The van der Waals surface area contributed by atoms with Crippen molar-refractivity contribution in [3.05, 3.63) is 42.4 Å². The number of fused-ring (bicyclic) bond motifs is 1. The molecule has 2 N–H and O–H groups in total. The first-order valence-electron chi connectivity index (χ1n) is 11.4. The average molecular weight is 458 g/mol. The molecule has 0 radical (unpaired) electrons. The van der Waals surface area contributed by atoms with Gasteiger partial charge < -0.3 is 15.2 Å². The third-order valence-corrected chi connectivity index (χ3v) is 3.82. The Balaban J connectivity index is 0.000000793. The highest BCUT2D eigenvalue weighted by atomic mass is 16.5. The lowest BCUT2D eigenvalue weighted by Gasteiger charge is -2.12. The number of aryl methyl sites for hydroxylation is 1. The summed E-state index contributed by atoms with van der Waals surface area (Å²) < 4.78 is 12.9. The Morgan fingerprint density at radius 3 is 2.06 bits per heavy atom. The largest absolute Gasteiger partial charge is 0.490 e. The molecule has 0 aliphatic carbocycles. The number of allylic oxidation sites excluding steroid dienone is 3. The van der Waals surface area contributed by atoms with Gasteiger partial charge in [0, 0.05) is 24.2 Å². The van der Waals surface area contributed by atoms with Crippen LogP contribution in [0.2, 0.25) is 0 Å². The van der Waals surface area contributed by atoms with Crippen molar-refractivity contribution in [2.75, 3.05) is 13.2 Å². The molecule has 2 heterocycles. The van der Waals surface area contributed by atoms with Gasteiger partial charge in [-0.2, -0.15) is 0 Å². The zero-order valence-corrected chi connectivity index (χ0v) is 21.5. The third-order valence-electron chi connectivity index (χ3n) is 3.82. The molecule has 9 heteroatoms. The molecule has 33 heavy (non-hydrogen) atoms. The van der Waals surface area contributed by atoms with Crippen molar-refractivity contribution in [3.63, 3.8) is 0 Å². The molecule has 0 aliphatic rings. The van der Waals surface area contributed by atoms with Crippen LogP contribution in [0.1, 0.15) is 55.4 Å². The third kappa shape index (κ3) is 8.88. The number of tetrazole rings is 1. The smallest absolute Gasteiger partial charge is 0.201 e. The van der Waals surface area contributed by atoms with E-state index in [4.69, 9.17) is 15.2 Å². The molecule has 0 aliphatic heterocycles. The average Bonchev–Trinajstić information content (AvgIpc) is 3.28. The second-order valence-electron chi connectivity index (χ2n) is 5.82. The van der Waals surface area contributed by atoms with Gasteiger partial charge in [-0.05, 0) is 50.3 Å². The molecule has 0 spiro atoms. The minimum atomic E-state index is 0.542. The fourth-order valence-corrected chi connectivity index (χ4v) is 2.50. The van der Waals surface area contributed by atoms with Gasteiger partial charge in [-0.3, -0.25) is 0 Å². The summed E-state index contributed by atoms with van der Waals surface area (Å²) >= 11 is 0. The summed E-state index contributed by atoms with van der Waals surface area (Å²) in [6.45, 7) is 16.8. The lowest BCUT2D eigenvalue weighted by atomic mass is 10.1. The highest BCUT2D eigenvalue weighted by Crippen LogP contribution is 2.34. The fraction of sp³-hybridized carbons (Fsp3) is 0.458. The molecule has 0 saturated carbocycles. The van der Waals surface area contributed by atoms with Crippen LogP contribution in [0.4, 0.5) is 0 Å². The van der Waals surface area contributed by atoms with Crippen molar-refractivity contribution in [2.45, 2.75) is 55.4 Å². The predicted molar refractivity (Wildman–Crippen MR) is 135 cm³/mol. The van der Waals surface area contributed by atoms with Gasteiger partial charge in [-0.1, -0.05) is 39.8 Å². The number of nitrogens with zero attached hydrogens (tertiary/aromatic N) is 6. The molecule has 0 amide bonds. The molecule has 0 bridgehead atoms. The molecule has 9 nitrogen and oxygen atoms in total. The van der Waals surface area contributed by atoms with Crippen LogP contribution in [-0.4, -0.2) is 43.4 Å². The molecule has 0 atom stereocenters. The number of aromatic nitrogens is 6. The second-order valence-corrected chi connectivity index (χ2v) is 5.82. The molecular formula is C24H39N7O2. The Bertz CT molecular complexity index is 998. The predicted octanol–water partition coefficient (Wildman–Crippen LogP) is 5.10. The van der Waals surface area contributed by atoms with Crippen molar-refractivity contribution in [1.82, 2.24) is 30.2 Å². The quantitative estimate of drug-likeness (QED) is 0.509. The number of hydrogen-bond acceptors (Lipinski definition) is 8.